The van der Waals surface area contributed by atoms with E-state index in [4.69, 9.17) is 21.9 Å². The number of rotatable bonds is 2. The molecule has 0 atom stereocenters. The van der Waals surface area contributed by atoms with E-state index in [0.29, 0.717) is 26.3 Å². The summed E-state index contributed by atoms with van der Waals surface area (Å²) in [6.45, 7) is 0. The first-order valence-corrected chi connectivity index (χ1v) is 8.35. The summed E-state index contributed by atoms with van der Waals surface area (Å²) < 4.78 is 6.34. The minimum atomic E-state index is -0.231. The Balaban J connectivity index is 1.79. The van der Waals surface area contributed by atoms with Gasteiger partial charge in [-0.15, -0.1) is 0 Å². The quantitative estimate of drug-likeness (QED) is 0.551. The van der Waals surface area contributed by atoms with Gasteiger partial charge in [-0.3, -0.25) is 9.78 Å². The molecule has 1 aliphatic heterocycles. The van der Waals surface area contributed by atoms with E-state index in [1.165, 1.54) is 11.8 Å². The molecular weight excluding hydrogens is 356 g/mol. The molecule has 1 aliphatic rings. The molecule has 0 spiro atoms. The molecule has 1 saturated heterocycles. The molecule has 0 aliphatic carbocycles. The van der Waals surface area contributed by atoms with Crippen LogP contribution < -0.4 is 5.32 Å². The zero-order valence-corrected chi connectivity index (χ0v) is 14.1. The largest absolute Gasteiger partial charge is 0.456 e. The highest BCUT2D eigenvalue weighted by Gasteiger charge is 2.22. The molecule has 4 rings (SSSR count). The van der Waals surface area contributed by atoms with Crippen LogP contribution in [0, 0.1) is 11.3 Å². The van der Waals surface area contributed by atoms with Gasteiger partial charge in [0.15, 0.2) is 0 Å². The molecule has 0 aromatic carbocycles. The van der Waals surface area contributed by atoms with E-state index in [9.17, 15) is 4.79 Å². The Morgan fingerprint density at radius 3 is 2.88 bits per heavy atom. The third-order valence-corrected chi connectivity index (χ3v) is 4.71. The lowest BCUT2D eigenvalue weighted by Gasteiger charge is -2.01. The average molecular weight is 364 g/mol. The van der Waals surface area contributed by atoms with Crippen molar-refractivity contribution in [2.45, 2.75) is 0 Å². The van der Waals surface area contributed by atoms with Gasteiger partial charge in [-0.05, 0) is 18.2 Å². The fourth-order valence-corrected chi connectivity index (χ4v) is 3.45. The molecule has 8 heteroatoms. The molecule has 0 unspecified atom stereocenters. The number of hydrogen-bond donors (Lipinski definition) is 1. The molecule has 1 N–H and O–H groups in total. The van der Waals surface area contributed by atoms with Gasteiger partial charge in [-0.2, -0.15) is 5.26 Å². The van der Waals surface area contributed by atoms with Crippen LogP contribution in [0.1, 0.15) is 11.5 Å². The van der Waals surface area contributed by atoms with Gasteiger partial charge in [0.1, 0.15) is 27.4 Å². The number of thiocarbonyl (C=S) groups is 1. The van der Waals surface area contributed by atoms with Gasteiger partial charge in [-0.1, -0.05) is 24.0 Å². The molecule has 0 radical (unpaired) electrons. The Morgan fingerprint density at radius 1 is 1.32 bits per heavy atom. The van der Waals surface area contributed by atoms with Gasteiger partial charge in [0, 0.05) is 41.2 Å². The third kappa shape index (κ3) is 2.91. The van der Waals surface area contributed by atoms with Crippen molar-refractivity contribution < 1.29 is 9.21 Å². The van der Waals surface area contributed by atoms with Crippen molar-refractivity contribution in [3.05, 3.63) is 53.1 Å². The maximum absolute atomic E-state index is 11.8. The number of carbonyl (C=O) groups is 1. The molecule has 1 fully saturated rings. The van der Waals surface area contributed by atoms with Crippen LogP contribution >= 0.6 is 24.0 Å². The second-order valence-corrected chi connectivity index (χ2v) is 6.87. The van der Waals surface area contributed by atoms with Gasteiger partial charge in [0.05, 0.1) is 4.91 Å². The lowest BCUT2D eigenvalue weighted by atomic mass is 10.1. The zero-order chi connectivity index (χ0) is 17.4. The number of furan rings is 1. The number of carbonyl (C=O) groups excluding carboxylic acids is 1. The van der Waals surface area contributed by atoms with Crippen molar-refractivity contribution in [2.75, 3.05) is 0 Å². The Bertz CT molecular complexity index is 1090. The highest BCUT2D eigenvalue weighted by atomic mass is 32.2. The SMILES string of the molecule is N#Cc1ccc(-c2cncc3cc(/C=C4\SC(=S)NC4=O)oc23)cn1. The predicted octanol–water partition coefficient (Wildman–Crippen LogP) is 3.25. The van der Waals surface area contributed by atoms with Crippen molar-refractivity contribution in [3.63, 3.8) is 0 Å². The van der Waals surface area contributed by atoms with Crippen LogP contribution in [0.2, 0.25) is 0 Å². The summed E-state index contributed by atoms with van der Waals surface area (Å²) in [7, 11) is 0. The number of pyridine rings is 2. The fraction of sp³-hybridized carbons (Fsp3) is 0. The summed E-state index contributed by atoms with van der Waals surface area (Å²) in [5.74, 6) is 0.304. The van der Waals surface area contributed by atoms with Crippen LogP contribution in [-0.4, -0.2) is 20.2 Å². The van der Waals surface area contributed by atoms with Crippen molar-refractivity contribution in [1.82, 2.24) is 15.3 Å². The van der Waals surface area contributed by atoms with E-state index in [1.807, 2.05) is 12.1 Å². The number of nitrogens with one attached hydrogen (secondary N) is 1. The Labute approximate surface area is 151 Å². The predicted molar refractivity (Wildman–Crippen MR) is 98.3 cm³/mol. The van der Waals surface area contributed by atoms with Crippen molar-refractivity contribution in [1.29, 1.82) is 5.26 Å². The summed E-state index contributed by atoms with van der Waals surface area (Å²) in [4.78, 5) is 20.6. The van der Waals surface area contributed by atoms with Crippen LogP contribution in [0.5, 0.6) is 0 Å². The third-order valence-electron chi connectivity index (χ3n) is 3.55. The fourth-order valence-electron chi connectivity index (χ4n) is 2.43. The normalized spacial score (nSPS) is 15.6. The minimum Gasteiger partial charge on any atom is -0.456 e. The van der Waals surface area contributed by atoms with Crippen molar-refractivity contribution in [2.24, 2.45) is 0 Å². The van der Waals surface area contributed by atoms with Gasteiger partial charge >= 0.3 is 0 Å². The van der Waals surface area contributed by atoms with Gasteiger partial charge < -0.3 is 9.73 Å². The number of nitriles is 1. The molecular formula is C17H8N4O2S2. The number of thioether (sulfide) groups is 1. The highest BCUT2D eigenvalue weighted by Crippen LogP contribution is 2.32. The first-order chi connectivity index (χ1) is 12.1. The summed E-state index contributed by atoms with van der Waals surface area (Å²) in [6.07, 6.45) is 6.63. The Hall–Kier alpha value is -3.02. The van der Waals surface area contributed by atoms with Crippen LogP contribution in [-0.2, 0) is 4.79 Å². The van der Waals surface area contributed by atoms with Crippen LogP contribution in [0.3, 0.4) is 0 Å². The van der Waals surface area contributed by atoms with Gasteiger partial charge in [-0.25, -0.2) is 4.98 Å². The van der Waals surface area contributed by atoms with Crippen LogP contribution in [0.25, 0.3) is 28.2 Å². The first-order valence-electron chi connectivity index (χ1n) is 7.13. The molecule has 6 nitrogen and oxygen atoms in total. The molecule has 3 aromatic heterocycles. The standard InChI is InChI=1S/C17H8N4O2S2/c18-5-11-2-1-9(7-20-11)13-8-19-6-10-3-12(23-15(10)13)4-14-16(22)21-17(24)25-14/h1-4,6-8H,(H,21,22,24)/b14-4-. The summed E-state index contributed by atoms with van der Waals surface area (Å²) >= 11 is 6.18. The molecule has 1 amide bonds. The number of aromatic nitrogens is 2. The molecule has 25 heavy (non-hydrogen) atoms. The summed E-state index contributed by atoms with van der Waals surface area (Å²) in [5, 5.41) is 12.2. The highest BCUT2D eigenvalue weighted by molar-refractivity contribution is 8.26. The van der Waals surface area contributed by atoms with E-state index in [-0.39, 0.29) is 5.91 Å². The Morgan fingerprint density at radius 2 is 2.20 bits per heavy atom. The number of hydrogen-bond acceptors (Lipinski definition) is 7. The average Bonchev–Trinajstić information content (AvgIpc) is 3.17. The summed E-state index contributed by atoms with van der Waals surface area (Å²) in [6, 6.07) is 7.23. The first kappa shape index (κ1) is 15.5. The zero-order valence-electron chi connectivity index (χ0n) is 12.5. The second-order valence-electron chi connectivity index (χ2n) is 5.15. The molecule has 0 bridgehead atoms. The molecule has 120 valence electrons. The lowest BCUT2D eigenvalue weighted by molar-refractivity contribution is -0.115. The maximum atomic E-state index is 11.8. The second kappa shape index (κ2) is 6.12. The molecule has 0 saturated carbocycles. The smallest absolute Gasteiger partial charge is 0.263 e. The topological polar surface area (TPSA) is 91.8 Å². The van der Waals surface area contributed by atoms with E-state index >= 15 is 0 Å². The molecule has 4 heterocycles. The van der Waals surface area contributed by atoms with Crippen molar-refractivity contribution in [3.8, 4) is 17.2 Å². The summed E-state index contributed by atoms with van der Waals surface area (Å²) in [5.41, 5.74) is 2.53. The van der Waals surface area contributed by atoms with Crippen LogP contribution in [0.4, 0.5) is 0 Å². The van der Waals surface area contributed by atoms with E-state index < -0.39 is 0 Å². The lowest BCUT2D eigenvalue weighted by Crippen LogP contribution is -2.17. The van der Waals surface area contributed by atoms with Gasteiger partial charge in [0.2, 0.25) is 0 Å². The van der Waals surface area contributed by atoms with Crippen molar-refractivity contribution >= 4 is 51.3 Å². The monoisotopic (exact) mass is 364 g/mol. The minimum absolute atomic E-state index is 0.231. The number of fused-ring (bicyclic) bond motifs is 1. The van der Waals surface area contributed by atoms with E-state index in [0.717, 1.165) is 16.5 Å². The number of nitrogens with zero attached hydrogens (tertiary/aromatic N) is 3. The van der Waals surface area contributed by atoms with Gasteiger partial charge in [0.25, 0.3) is 5.91 Å². The van der Waals surface area contributed by atoms with E-state index in [1.54, 1.807) is 36.8 Å². The Kier molecular flexibility index (Phi) is 3.80. The molecule has 3 aromatic rings. The number of amides is 1. The maximum Gasteiger partial charge on any atom is 0.263 e. The van der Waals surface area contributed by atoms with E-state index in [2.05, 4.69) is 15.3 Å². The van der Waals surface area contributed by atoms with Crippen LogP contribution in [0.15, 0.2) is 46.1 Å².